The number of hydrogen-bond acceptors (Lipinski definition) is 2. The number of aromatic nitrogens is 1. The topological polar surface area (TPSA) is 45.6 Å². The van der Waals surface area contributed by atoms with Gasteiger partial charge >= 0.3 is 0 Å². The summed E-state index contributed by atoms with van der Waals surface area (Å²) in [4.78, 5) is 28.6. The predicted octanol–water partition coefficient (Wildman–Crippen LogP) is 3.04. The van der Waals surface area contributed by atoms with Crippen LogP contribution in [0, 0.1) is 0 Å². The zero-order chi connectivity index (χ0) is 17.3. The number of carbonyl (C=O) groups excluding carboxylic acids is 2. The van der Waals surface area contributed by atoms with Gasteiger partial charge < -0.3 is 14.4 Å². The third-order valence-electron chi connectivity index (χ3n) is 4.12. The molecule has 0 aliphatic carbocycles. The summed E-state index contributed by atoms with van der Waals surface area (Å²) >= 11 is 9.33. The number of nitrogens with zero attached hydrogens (tertiary/aromatic N) is 3. The molecule has 0 radical (unpaired) electrons. The van der Waals surface area contributed by atoms with Crippen LogP contribution in [0.5, 0.6) is 0 Å². The number of piperazine rings is 1. The third-order valence-corrected chi connectivity index (χ3v) is 4.79. The number of halogens is 2. The molecule has 0 N–H and O–H groups in total. The van der Waals surface area contributed by atoms with Crippen LogP contribution in [0.1, 0.15) is 20.8 Å². The van der Waals surface area contributed by atoms with Gasteiger partial charge in [-0.15, -0.1) is 0 Å². The molecule has 24 heavy (non-hydrogen) atoms. The summed E-state index contributed by atoms with van der Waals surface area (Å²) in [7, 11) is 1.84. The van der Waals surface area contributed by atoms with Crippen molar-refractivity contribution in [2.45, 2.75) is 0 Å². The normalized spacial score (nSPS) is 14.8. The number of aryl methyl sites for hydroxylation is 1. The molecule has 1 fully saturated rings. The molecular weight excluding hydrogens is 394 g/mol. The van der Waals surface area contributed by atoms with E-state index in [2.05, 4.69) is 15.9 Å². The molecule has 1 aliphatic heterocycles. The molecule has 2 aromatic rings. The molecule has 2 amide bonds. The molecule has 0 bridgehead atoms. The quantitative estimate of drug-likeness (QED) is 0.764. The van der Waals surface area contributed by atoms with Gasteiger partial charge in [0.25, 0.3) is 11.8 Å². The Hall–Kier alpha value is -1.79. The summed E-state index contributed by atoms with van der Waals surface area (Å²) in [6.45, 7) is 2.08. The molecule has 0 spiro atoms. The molecule has 1 saturated heterocycles. The Labute approximate surface area is 153 Å². The second kappa shape index (κ2) is 6.99. The molecule has 0 unspecified atom stereocenters. The lowest BCUT2D eigenvalue weighted by molar-refractivity contribution is 0.0530. The van der Waals surface area contributed by atoms with Crippen LogP contribution in [0.25, 0.3) is 0 Å². The van der Waals surface area contributed by atoms with Crippen molar-refractivity contribution in [2.75, 3.05) is 26.2 Å². The van der Waals surface area contributed by atoms with Crippen molar-refractivity contribution < 1.29 is 9.59 Å². The smallest absolute Gasteiger partial charge is 0.270 e. The van der Waals surface area contributed by atoms with Crippen molar-refractivity contribution in [1.29, 1.82) is 0 Å². The highest BCUT2D eigenvalue weighted by molar-refractivity contribution is 9.10. The molecule has 2 heterocycles. The summed E-state index contributed by atoms with van der Waals surface area (Å²) in [5.74, 6) is -0.0655. The first-order valence-electron chi connectivity index (χ1n) is 7.61. The van der Waals surface area contributed by atoms with E-state index in [9.17, 15) is 9.59 Å². The lowest BCUT2D eigenvalue weighted by Gasteiger charge is -2.34. The fourth-order valence-corrected chi connectivity index (χ4v) is 3.53. The van der Waals surface area contributed by atoms with Gasteiger partial charge in [-0.1, -0.05) is 17.7 Å². The molecule has 1 aromatic carbocycles. The van der Waals surface area contributed by atoms with Gasteiger partial charge in [0.1, 0.15) is 5.69 Å². The van der Waals surface area contributed by atoms with Gasteiger partial charge in [0, 0.05) is 54.5 Å². The van der Waals surface area contributed by atoms with Crippen LogP contribution in [0.4, 0.5) is 0 Å². The molecule has 7 heteroatoms. The van der Waals surface area contributed by atoms with Gasteiger partial charge in [-0.05, 0) is 40.2 Å². The van der Waals surface area contributed by atoms with Crippen molar-refractivity contribution in [3.8, 4) is 0 Å². The second-order valence-electron chi connectivity index (χ2n) is 5.75. The van der Waals surface area contributed by atoms with Gasteiger partial charge in [-0.3, -0.25) is 9.59 Å². The standard InChI is InChI=1S/C17H17BrClN3O2/c1-20-11-13(18)10-15(20)17(24)22-7-5-21(6-8-22)16(23)12-3-2-4-14(19)9-12/h2-4,9-11H,5-8H2,1H3. The number of benzene rings is 1. The van der Waals surface area contributed by atoms with E-state index in [0.29, 0.717) is 42.5 Å². The van der Waals surface area contributed by atoms with Crippen LogP contribution in [0.2, 0.25) is 5.02 Å². The predicted molar refractivity (Wildman–Crippen MR) is 96.4 cm³/mol. The Balaban J connectivity index is 1.64. The zero-order valence-corrected chi connectivity index (χ0v) is 15.5. The van der Waals surface area contributed by atoms with E-state index in [1.54, 1.807) is 38.6 Å². The Morgan fingerprint density at radius 3 is 2.21 bits per heavy atom. The minimum absolute atomic E-state index is 0.0157. The highest BCUT2D eigenvalue weighted by Gasteiger charge is 2.26. The molecular formula is C17H17BrClN3O2. The molecule has 1 aromatic heterocycles. The fourth-order valence-electron chi connectivity index (χ4n) is 2.82. The van der Waals surface area contributed by atoms with E-state index >= 15 is 0 Å². The first-order chi connectivity index (χ1) is 11.5. The third kappa shape index (κ3) is 3.49. The van der Waals surface area contributed by atoms with Crippen molar-refractivity contribution in [2.24, 2.45) is 7.05 Å². The SMILES string of the molecule is Cn1cc(Br)cc1C(=O)N1CCN(C(=O)c2cccc(Cl)c2)CC1. The number of rotatable bonds is 2. The van der Waals surface area contributed by atoms with E-state index in [1.165, 1.54) is 0 Å². The lowest BCUT2D eigenvalue weighted by Crippen LogP contribution is -2.50. The van der Waals surface area contributed by atoms with Crippen LogP contribution in [-0.4, -0.2) is 52.4 Å². The summed E-state index contributed by atoms with van der Waals surface area (Å²) in [6.07, 6.45) is 1.85. The van der Waals surface area contributed by atoms with Crippen LogP contribution >= 0.6 is 27.5 Å². The average Bonchev–Trinajstić information content (AvgIpc) is 2.92. The van der Waals surface area contributed by atoms with Gasteiger partial charge in [0.05, 0.1) is 0 Å². The first-order valence-corrected chi connectivity index (χ1v) is 8.79. The van der Waals surface area contributed by atoms with E-state index < -0.39 is 0 Å². The highest BCUT2D eigenvalue weighted by Crippen LogP contribution is 2.18. The lowest BCUT2D eigenvalue weighted by atomic mass is 10.2. The van der Waals surface area contributed by atoms with E-state index in [0.717, 1.165) is 4.47 Å². The van der Waals surface area contributed by atoms with Crippen molar-refractivity contribution in [1.82, 2.24) is 14.4 Å². The monoisotopic (exact) mass is 409 g/mol. The van der Waals surface area contributed by atoms with Crippen molar-refractivity contribution in [3.05, 3.63) is 57.3 Å². The maximum absolute atomic E-state index is 12.6. The van der Waals surface area contributed by atoms with E-state index in [-0.39, 0.29) is 11.8 Å². The summed E-state index contributed by atoms with van der Waals surface area (Å²) in [6, 6.07) is 8.75. The molecule has 0 saturated carbocycles. The zero-order valence-electron chi connectivity index (χ0n) is 13.2. The van der Waals surface area contributed by atoms with Crippen LogP contribution in [0.15, 0.2) is 41.0 Å². The van der Waals surface area contributed by atoms with Crippen molar-refractivity contribution in [3.63, 3.8) is 0 Å². The Morgan fingerprint density at radius 1 is 1.04 bits per heavy atom. The molecule has 3 rings (SSSR count). The summed E-state index contributed by atoms with van der Waals surface area (Å²) < 4.78 is 2.68. The van der Waals surface area contributed by atoms with Gasteiger partial charge in [-0.2, -0.15) is 0 Å². The average molecular weight is 411 g/mol. The minimum Gasteiger partial charge on any atom is -0.345 e. The van der Waals surface area contributed by atoms with E-state index in [4.69, 9.17) is 11.6 Å². The van der Waals surface area contributed by atoms with Gasteiger partial charge in [0.15, 0.2) is 0 Å². The number of hydrogen-bond donors (Lipinski definition) is 0. The summed E-state index contributed by atoms with van der Waals surface area (Å²) in [5.41, 5.74) is 1.21. The first kappa shape index (κ1) is 17.0. The van der Waals surface area contributed by atoms with E-state index in [1.807, 2.05) is 19.3 Å². The molecule has 126 valence electrons. The Morgan fingerprint density at radius 2 is 1.67 bits per heavy atom. The van der Waals surface area contributed by atoms with Crippen LogP contribution < -0.4 is 0 Å². The fraction of sp³-hybridized carbons (Fsp3) is 0.294. The second-order valence-corrected chi connectivity index (χ2v) is 7.10. The van der Waals surface area contributed by atoms with Crippen LogP contribution in [0.3, 0.4) is 0 Å². The Bertz CT molecular complexity index is 782. The summed E-state index contributed by atoms with van der Waals surface area (Å²) in [5, 5.41) is 0.545. The largest absolute Gasteiger partial charge is 0.345 e. The maximum atomic E-state index is 12.6. The Kier molecular flexibility index (Phi) is 4.96. The van der Waals surface area contributed by atoms with Gasteiger partial charge in [-0.25, -0.2) is 0 Å². The molecule has 0 atom stereocenters. The van der Waals surface area contributed by atoms with Crippen LogP contribution in [-0.2, 0) is 7.05 Å². The highest BCUT2D eigenvalue weighted by atomic mass is 79.9. The molecule has 5 nitrogen and oxygen atoms in total. The van der Waals surface area contributed by atoms with Gasteiger partial charge in [0.2, 0.25) is 0 Å². The van der Waals surface area contributed by atoms with Crippen molar-refractivity contribution >= 4 is 39.3 Å². The number of carbonyl (C=O) groups is 2. The minimum atomic E-state index is -0.0498. The maximum Gasteiger partial charge on any atom is 0.270 e. The molecule has 1 aliphatic rings. The number of amides is 2.